The fourth-order valence-electron chi connectivity index (χ4n) is 1.81. The van der Waals surface area contributed by atoms with E-state index < -0.39 is 29.6 Å². The van der Waals surface area contributed by atoms with Gasteiger partial charge in [0.25, 0.3) is 5.56 Å². The number of aliphatic carboxylic acids is 1. The van der Waals surface area contributed by atoms with Crippen LogP contribution in [0, 0.1) is 11.6 Å². The Balaban J connectivity index is 2.34. The standard InChI is InChI=1S/C13H11F2N3O3/c14-7-2-1-6(9(15)4-7)3-10-17-12(16)8(5-11(19)20)13(21)18-10/h1-2,4H,3,5H2,(H,19,20)(H3,16,17,18,21). The molecule has 110 valence electrons. The minimum atomic E-state index is -1.22. The number of carboxylic acids is 1. The smallest absolute Gasteiger partial charge is 0.308 e. The van der Waals surface area contributed by atoms with Crippen molar-refractivity contribution in [2.45, 2.75) is 12.8 Å². The zero-order valence-corrected chi connectivity index (χ0v) is 10.7. The molecule has 0 bridgehead atoms. The van der Waals surface area contributed by atoms with Crippen LogP contribution in [-0.4, -0.2) is 21.0 Å². The number of hydrogen-bond donors (Lipinski definition) is 3. The summed E-state index contributed by atoms with van der Waals surface area (Å²) >= 11 is 0. The van der Waals surface area contributed by atoms with Crippen LogP contribution in [0.5, 0.6) is 0 Å². The number of carbonyl (C=O) groups is 1. The average Bonchev–Trinajstić information content (AvgIpc) is 2.37. The molecule has 0 saturated heterocycles. The van der Waals surface area contributed by atoms with Gasteiger partial charge in [-0.1, -0.05) is 6.07 Å². The number of H-pyrrole nitrogens is 1. The molecule has 0 amide bonds. The second-order valence-corrected chi connectivity index (χ2v) is 4.36. The van der Waals surface area contributed by atoms with Crippen LogP contribution in [0.25, 0.3) is 0 Å². The Morgan fingerprint density at radius 2 is 2.10 bits per heavy atom. The normalized spacial score (nSPS) is 10.6. The maximum atomic E-state index is 13.5. The summed E-state index contributed by atoms with van der Waals surface area (Å²) in [6, 6.07) is 3.03. The number of nitrogens with one attached hydrogen (secondary N) is 1. The van der Waals surface area contributed by atoms with E-state index in [0.717, 1.165) is 12.1 Å². The summed E-state index contributed by atoms with van der Waals surface area (Å²) in [5, 5.41) is 8.66. The molecule has 0 aliphatic rings. The van der Waals surface area contributed by atoms with Crippen molar-refractivity contribution in [3.63, 3.8) is 0 Å². The molecule has 2 rings (SSSR count). The number of nitrogens with zero attached hydrogens (tertiary/aromatic N) is 1. The minimum absolute atomic E-state index is 0.0668. The Kier molecular flexibility index (Phi) is 3.97. The molecular formula is C13H11F2N3O3. The topological polar surface area (TPSA) is 109 Å². The first-order chi connectivity index (χ1) is 9.86. The number of halogens is 2. The highest BCUT2D eigenvalue weighted by Crippen LogP contribution is 2.13. The number of hydrogen-bond acceptors (Lipinski definition) is 4. The van der Waals surface area contributed by atoms with Gasteiger partial charge in [0.15, 0.2) is 0 Å². The predicted octanol–water partition coefficient (Wildman–Crippen LogP) is 0.848. The zero-order chi connectivity index (χ0) is 15.6. The first-order valence-corrected chi connectivity index (χ1v) is 5.90. The van der Waals surface area contributed by atoms with Gasteiger partial charge in [0.2, 0.25) is 0 Å². The van der Waals surface area contributed by atoms with E-state index in [-0.39, 0.29) is 29.2 Å². The number of nitrogen functional groups attached to an aromatic ring is 1. The number of anilines is 1. The third kappa shape index (κ3) is 3.41. The molecule has 0 unspecified atom stereocenters. The molecule has 0 radical (unpaired) electrons. The van der Waals surface area contributed by atoms with Gasteiger partial charge in [-0.25, -0.2) is 13.8 Å². The van der Waals surface area contributed by atoms with Crippen LogP contribution in [0.4, 0.5) is 14.6 Å². The van der Waals surface area contributed by atoms with Crippen molar-refractivity contribution in [2.75, 3.05) is 5.73 Å². The van der Waals surface area contributed by atoms with Gasteiger partial charge in [-0.3, -0.25) is 9.59 Å². The van der Waals surface area contributed by atoms with Gasteiger partial charge in [0, 0.05) is 12.5 Å². The van der Waals surface area contributed by atoms with E-state index in [4.69, 9.17) is 10.8 Å². The lowest BCUT2D eigenvalue weighted by Crippen LogP contribution is -2.22. The Morgan fingerprint density at radius 1 is 1.38 bits per heavy atom. The average molecular weight is 295 g/mol. The van der Waals surface area contributed by atoms with E-state index in [9.17, 15) is 18.4 Å². The molecule has 2 aromatic rings. The molecular weight excluding hydrogens is 284 g/mol. The van der Waals surface area contributed by atoms with E-state index in [0.29, 0.717) is 0 Å². The van der Waals surface area contributed by atoms with E-state index in [1.807, 2.05) is 0 Å². The van der Waals surface area contributed by atoms with Gasteiger partial charge in [0.1, 0.15) is 23.3 Å². The number of benzene rings is 1. The fourth-order valence-corrected chi connectivity index (χ4v) is 1.81. The Hall–Kier alpha value is -2.77. The van der Waals surface area contributed by atoms with Gasteiger partial charge in [-0.2, -0.15) is 0 Å². The SMILES string of the molecule is Nc1nc(Cc2ccc(F)cc2F)[nH]c(=O)c1CC(=O)O. The van der Waals surface area contributed by atoms with Gasteiger partial charge in [-0.15, -0.1) is 0 Å². The van der Waals surface area contributed by atoms with Gasteiger partial charge < -0.3 is 15.8 Å². The third-order valence-corrected chi connectivity index (χ3v) is 2.80. The van der Waals surface area contributed by atoms with Crippen molar-refractivity contribution in [3.05, 3.63) is 57.1 Å². The summed E-state index contributed by atoms with van der Waals surface area (Å²) in [5.41, 5.74) is 4.81. The maximum absolute atomic E-state index is 13.5. The molecule has 0 saturated carbocycles. The molecule has 8 heteroatoms. The Morgan fingerprint density at radius 3 is 2.67 bits per heavy atom. The van der Waals surface area contributed by atoms with Crippen molar-refractivity contribution in [1.29, 1.82) is 0 Å². The van der Waals surface area contributed by atoms with Crippen LogP contribution in [0.3, 0.4) is 0 Å². The van der Waals surface area contributed by atoms with Crippen LogP contribution in [0.2, 0.25) is 0 Å². The Bertz CT molecular complexity index is 759. The molecule has 1 aromatic carbocycles. The van der Waals surface area contributed by atoms with Crippen LogP contribution in [0.1, 0.15) is 17.0 Å². The molecule has 0 fully saturated rings. The second kappa shape index (κ2) is 5.70. The van der Waals surface area contributed by atoms with Crippen molar-refractivity contribution in [1.82, 2.24) is 9.97 Å². The lowest BCUT2D eigenvalue weighted by Gasteiger charge is -2.06. The monoisotopic (exact) mass is 295 g/mol. The molecule has 4 N–H and O–H groups in total. The van der Waals surface area contributed by atoms with Crippen molar-refractivity contribution >= 4 is 11.8 Å². The lowest BCUT2D eigenvalue weighted by molar-refractivity contribution is -0.136. The van der Waals surface area contributed by atoms with Gasteiger partial charge in [0.05, 0.1) is 12.0 Å². The highest BCUT2D eigenvalue weighted by Gasteiger charge is 2.14. The highest BCUT2D eigenvalue weighted by molar-refractivity contribution is 5.71. The van der Waals surface area contributed by atoms with Gasteiger partial charge >= 0.3 is 5.97 Å². The van der Waals surface area contributed by atoms with Crippen molar-refractivity contribution in [2.24, 2.45) is 0 Å². The molecule has 21 heavy (non-hydrogen) atoms. The number of carboxylic acid groups (broad SMARTS) is 1. The van der Waals surface area contributed by atoms with Crippen molar-refractivity contribution < 1.29 is 18.7 Å². The van der Waals surface area contributed by atoms with Crippen LogP contribution < -0.4 is 11.3 Å². The number of aromatic nitrogens is 2. The summed E-state index contributed by atoms with van der Waals surface area (Å²) in [4.78, 5) is 28.5. The second-order valence-electron chi connectivity index (χ2n) is 4.36. The van der Waals surface area contributed by atoms with Crippen molar-refractivity contribution in [3.8, 4) is 0 Å². The quantitative estimate of drug-likeness (QED) is 0.774. The molecule has 1 aromatic heterocycles. The summed E-state index contributed by atoms with van der Waals surface area (Å²) < 4.78 is 26.3. The highest BCUT2D eigenvalue weighted by atomic mass is 19.1. The largest absolute Gasteiger partial charge is 0.481 e. The number of aromatic amines is 1. The summed E-state index contributed by atoms with van der Waals surface area (Å²) in [6.07, 6.45) is -0.655. The fraction of sp³-hybridized carbons (Fsp3) is 0.154. The number of rotatable bonds is 4. The van der Waals surface area contributed by atoms with E-state index in [1.165, 1.54) is 6.07 Å². The molecule has 0 spiro atoms. The molecule has 0 aliphatic carbocycles. The first kappa shape index (κ1) is 14.6. The Labute approximate surface area is 117 Å². The van der Waals surface area contributed by atoms with E-state index in [2.05, 4.69) is 9.97 Å². The first-order valence-electron chi connectivity index (χ1n) is 5.90. The molecule has 0 aliphatic heterocycles. The van der Waals surface area contributed by atoms with E-state index >= 15 is 0 Å². The summed E-state index contributed by atoms with van der Waals surface area (Å²) in [7, 11) is 0. The van der Waals surface area contributed by atoms with E-state index in [1.54, 1.807) is 0 Å². The van der Waals surface area contributed by atoms with Crippen LogP contribution >= 0.6 is 0 Å². The van der Waals surface area contributed by atoms with Gasteiger partial charge in [-0.05, 0) is 11.6 Å². The predicted molar refractivity (Wildman–Crippen MR) is 69.8 cm³/mol. The molecule has 6 nitrogen and oxygen atoms in total. The summed E-state index contributed by atoms with van der Waals surface area (Å²) in [5.74, 6) is -2.86. The molecule has 0 atom stereocenters. The zero-order valence-electron chi connectivity index (χ0n) is 10.7. The lowest BCUT2D eigenvalue weighted by atomic mass is 10.1. The maximum Gasteiger partial charge on any atom is 0.308 e. The molecule has 1 heterocycles. The summed E-state index contributed by atoms with van der Waals surface area (Å²) in [6.45, 7) is 0. The van der Waals surface area contributed by atoms with Crippen LogP contribution in [0.15, 0.2) is 23.0 Å². The minimum Gasteiger partial charge on any atom is -0.481 e. The third-order valence-electron chi connectivity index (χ3n) is 2.80. The number of nitrogens with two attached hydrogens (primary N) is 1. The van der Waals surface area contributed by atoms with Crippen LogP contribution in [-0.2, 0) is 17.6 Å².